The molecule has 109 heavy (non-hydrogen) atoms. The zero-order chi connectivity index (χ0) is 81.6. The normalized spacial score (nSPS) is 25.5. The van der Waals surface area contributed by atoms with Crippen molar-refractivity contribution in [3.05, 3.63) is 12.2 Å². The first-order valence-electron chi connectivity index (χ1n) is 38.6. The highest BCUT2D eigenvalue weighted by Crippen LogP contribution is 2.46. The number of rotatable bonds is 33. The van der Waals surface area contributed by atoms with E-state index in [4.69, 9.17) is 5.73 Å². The molecule has 4 aliphatic carbocycles. The third kappa shape index (κ3) is 23.0. The fourth-order valence-corrected chi connectivity index (χ4v) is 16.8. The molecule has 12 amide bonds. The van der Waals surface area contributed by atoms with E-state index in [1.807, 2.05) is 6.92 Å². The van der Waals surface area contributed by atoms with Gasteiger partial charge in [0.1, 0.15) is 66.1 Å². The lowest BCUT2D eigenvalue weighted by Crippen LogP contribution is -2.68. The highest BCUT2D eigenvalue weighted by Gasteiger charge is 2.56. The van der Waals surface area contributed by atoms with Gasteiger partial charge in [-0.1, -0.05) is 66.0 Å². The van der Waals surface area contributed by atoms with Gasteiger partial charge in [-0.15, -0.1) is 0 Å². The van der Waals surface area contributed by atoms with Gasteiger partial charge in [-0.05, 0) is 145 Å². The van der Waals surface area contributed by atoms with Crippen LogP contribution in [0.1, 0.15) is 182 Å². The number of primary amides is 1. The molecule has 5 fully saturated rings. The average molecular weight is 1570 g/mol. The van der Waals surface area contributed by atoms with Crippen molar-refractivity contribution in [3.63, 3.8) is 0 Å². The number of hydrogen-bond acceptors (Lipinski definition) is 12. The Labute approximate surface area is 633 Å². The van der Waals surface area contributed by atoms with Crippen LogP contribution >= 0.6 is 0 Å². The SMILES string of the molecule is CCCN(C)C(=O)[C@H](CC(=O)N(C)[C@@H](CC(F)F)C(=O)N[C@H](C(=O)N(C)CC(=O)N(C)[C@H]1C/C=C\CCN([C@@H](CC2CCC(C(F)(F)F)CC2)C(=O)N(C)CC(N)=O)C1=O)[C@@H](C)CC)N(C)C(=O)[C@H](C1CCCC1)N(C)C(=O)C1(NC(=O)[C@@H]2C[C@H](C)CN2C(=O)[C@@H](C)CCC2CC(F)C(C(F)(F)F)C(F)C2)CCC1. The van der Waals surface area contributed by atoms with E-state index in [2.05, 4.69) is 10.6 Å². The van der Waals surface area contributed by atoms with Crippen molar-refractivity contribution < 1.29 is 101 Å². The molecule has 0 aromatic carbocycles. The van der Waals surface area contributed by atoms with Gasteiger partial charge in [-0.25, -0.2) is 17.6 Å². The Bertz CT molecular complexity index is 3210. The van der Waals surface area contributed by atoms with Crippen LogP contribution in [0.4, 0.5) is 43.9 Å². The zero-order valence-electron chi connectivity index (χ0n) is 65.1. The molecule has 2 heterocycles. The first-order valence-corrected chi connectivity index (χ1v) is 38.6. The molecule has 1 saturated heterocycles. The van der Waals surface area contributed by atoms with E-state index in [0.29, 0.717) is 43.4 Å². The minimum absolute atomic E-state index is 0.0467. The van der Waals surface area contributed by atoms with Crippen LogP contribution in [0.25, 0.3) is 0 Å². The molecule has 4 saturated carbocycles. The summed E-state index contributed by atoms with van der Waals surface area (Å²) in [5.74, 6) is -17.2. The Morgan fingerprint density at radius 3 is 1.84 bits per heavy atom. The van der Waals surface area contributed by atoms with Crippen LogP contribution in [0.15, 0.2) is 12.2 Å². The molecule has 618 valence electrons. The van der Waals surface area contributed by atoms with Crippen LogP contribution in [0, 0.1) is 47.3 Å². The van der Waals surface area contributed by atoms with Crippen LogP contribution < -0.4 is 16.4 Å². The fraction of sp³-hybridized carbons (Fsp3) is 0.813. The molecule has 6 rings (SSSR count). The quantitative estimate of drug-likeness (QED) is 0.0423. The smallest absolute Gasteiger partial charge is 0.368 e. The molecule has 24 nitrogen and oxygen atoms in total. The van der Waals surface area contributed by atoms with Gasteiger partial charge in [-0.3, -0.25) is 57.5 Å². The molecular weight excluding hydrogens is 1450 g/mol. The van der Waals surface area contributed by atoms with E-state index in [1.54, 1.807) is 39.8 Å². The summed E-state index contributed by atoms with van der Waals surface area (Å²) in [6.45, 7) is 7.38. The summed E-state index contributed by atoms with van der Waals surface area (Å²) in [5, 5.41) is 5.48. The Kier molecular flexibility index (Phi) is 32.6. The first-order chi connectivity index (χ1) is 50.9. The third-order valence-electron chi connectivity index (χ3n) is 23.9. The van der Waals surface area contributed by atoms with Gasteiger partial charge in [0.15, 0.2) is 0 Å². The van der Waals surface area contributed by atoms with Crippen LogP contribution in [0.3, 0.4) is 0 Å². The van der Waals surface area contributed by atoms with Gasteiger partial charge in [0.05, 0.1) is 25.4 Å². The summed E-state index contributed by atoms with van der Waals surface area (Å²) in [6.07, 6.45) is -13.5. The Morgan fingerprint density at radius 1 is 0.697 bits per heavy atom. The van der Waals surface area contributed by atoms with Gasteiger partial charge in [0, 0.05) is 81.3 Å². The minimum atomic E-state index is -5.05. The standard InChI is InChI=1S/C75H116F10N12O12/c1-13-32-89(6)67(104)55(94(11)71(108)63(48-21-17-18-22-48)95(12)72(109)73(30-20-31-73)88-65(102)54-34-43(3)40-97(54)66(103)45(5)24-25-47-35-50(76)61(51(77)36-47)75(83,84)85)39-59(99)93(10)53(38-57(78)79)64(101)87-62(44(4)14-2)70(107)91(8)42-60(100)92(9)52-23-16-15-19-33-96(69(52)106)56(68(105)90(7)41-58(86)98)37-46-26-28-49(29-27-46)74(80,81)82/h15-16,43-57,61-63H,13-14,17-42H2,1-12H3,(H2,86,98)(H,87,101)(H,88,102)/b16-15-/t43-,44-,45-,46?,47?,49?,50?,51?,52-,53-,54-,55-,56-,61?,62-,63-/m0/s1. The van der Waals surface area contributed by atoms with E-state index < -0.39 is 230 Å². The average Bonchev–Trinajstić information content (AvgIpc) is 1.71. The van der Waals surface area contributed by atoms with E-state index in [-0.39, 0.29) is 109 Å². The summed E-state index contributed by atoms with van der Waals surface area (Å²) in [4.78, 5) is 183. The second-order valence-corrected chi connectivity index (χ2v) is 32.0. The third-order valence-corrected chi connectivity index (χ3v) is 23.9. The number of amides is 12. The van der Waals surface area contributed by atoms with Crippen molar-refractivity contribution >= 4 is 70.9 Å². The van der Waals surface area contributed by atoms with Gasteiger partial charge >= 0.3 is 12.4 Å². The topological polar surface area (TPSA) is 284 Å². The Balaban J connectivity index is 1.17. The highest BCUT2D eigenvalue weighted by molar-refractivity contribution is 6.00. The Hall–Kier alpha value is -7.32. The maximum absolute atomic E-state index is 15.5. The number of hydrogen-bond donors (Lipinski definition) is 3. The molecule has 0 radical (unpaired) electrons. The monoisotopic (exact) mass is 1570 g/mol. The fourth-order valence-electron chi connectivity index (χ4n) is 16.8. The molecule has 0 aromatic rings. The summed E-state index contributed by atoms with van der Waals surface area (Å²) < 4.78 is 140. The number of nitrogens with two attached hydrogens (primary N) is 1. The molecule has 6 aliphatic rings. The van der Waals surface area contributed by atoms with Crippen molar-refractivity contribution in [2.24, 2.45) is 53.1 Å². The molecule has 0 bridgehead atoms. The van der Waals surface area contributed by atoms with Gasteiger partial charge in [0.2, 0.25) is 77.3 Å². The number of halogens is 10. The van der Waals surface area contributed by atoms with Gasteiger partial charge in [0.25, 0.3) is 0 Å². The zero-order valence-corrected chi connectivity index (χ0v) is 65.1. The number of likely N-dealkylation sites (tertiary alicyclic amines) is 1. The molecular formula is C75H116F10N12O12. The largest absolute Gasteiger partial charge is 0.397 e. The van der Waals surface area contributed by atoms with Crippen LogP contribution in [0.5, 0.6) is 0 Å². The second-order valence-electron chi connectivity index (χ2n) is 32.0. The summed E-state index contributed by atoms with van der Waals surface area (Å²) in [6, 6.07) is -10.2. The second kappa shape index (κ2) is 39.2. The number of nitrogens with zero attached hydrogens (tertiary/aromatic N) is 9. The maximum Gasteiger partial charge on any atom is 0.397 e. The van der Waals surface area contributed by atoms with Gasteiger partial charge in [-0.2, -0.15) is 26.3 Å². The molecule has 2 aliphatic heterocycles. The van der Waals surface area contributed by atoms with E-state index in [0.717, 1.165) is 26.6 Å². The first kappa shape index (κ1) is 90.6. The predicted molar refractivity (Wildman–Crippen MR) is 382 cm³/mol. The predicted octanol–water partition coefficient (Wildman–Crippen LogP) is 7.59. The molecule has 2 unspecified atom stereocenters. The van der Waals surface area contributed by atoms with Crippen molar-refractivity contribution in [3.8, 4) is 0 Å². The van der Waals surface area contributed by atoms with E-state index >= 15 is 9.59 Å². The van der Waals surface area contributed by atoms with Crippen LogP contribution in [-0.4, -0.2) is 276 Å². The number of alkyl halides is 10. The maximum atomic E-state index is 15.5. The lowest BCUT2D eigenvalue weighted by Gasteiger charge is -2.46. The summed E-state index contributed by atoms with van der Waals surface area (Å²) in [7, 11) is 8.98. The van der Waals surface area contributed by atoms with Crippen molar-refractivity contribution in [2.75, 3.05) is 82.1 Å². The number of carbonyl (C=O) groups excluding carboxylic acids is 12. The van der Waals surface area contributed by atoms with Gasteiger partial charge < -0.3 is 60.5 Å². The van der Waals surface area contributed by atoms with Crippen molar-refractivity contribution in [1.82, 2.24) is 54.7 Å². The Morgan fingerprint density at radius 2 is 1.30 bits per heavy atom. The molecule has 34 heteroatoms. The number of nitrogens with one attached hydrogen (secondary N) is 2. The summed E-state index contributed by atoms with van der Waals surface area (Å²) in [5.41, 5.74) is 3.86. The number of carbonyl (C=O) groups is 12. The number of likely N-dealkylation sites (N-methyl/N-ethyl adjacent to an activating group) is 7. The van der Waals surface area contributed by atoms with Crippen LogP contribution in [0.2, 0.25) is 0 Å². The van der Waals surface area contributed by atoms with Crippen molar-refractivity contribution in [2.45, 2.75) is 261 Å². The highest BCUT2D eigenvalue weighted by atomic mass is 19.4. The van der Waals surface area contributed by atoms with E-state index in [9.17, 15) is 91.8 Å². The molecule has 0 spiro atoms. The molecule has 12 atom stereocenters. The molecule has 0 aromatic heterocycles. The van der Waals surface area contributed by atoms with Crippen LogP contribution in [-0.2, 0) is 57.5 Å². The summed E-state index contributed by atoms with van der Waals surface area (Å²) >= 11 is 0. The minimum Gasteiger partial charge on any atom is -0.368 e. The lowest BCUT2D eigenvalue weighted by atomic mass is 9.74. The molecule has 4 N–H and O–H groups in total. The van der Waals surface area contributed by atoms with Crippen molar-refractivity contribution in [1.29, 1.82) is 0 Å². The van der Waals surface area contributed by atoms with E-state index in [1.165, 1.54) is 61.9 Å². The lowest BCUT2D eigenvalue weighted by molar-refractivity contribution is -0.219.